The summed E-state index contributed by atoms with van der Waals surface area (Å²) in [4.78, 5) is 24.7. The molecule has 0 bridgehead atoms. The molecule has 0 fully saturated rings. The Morgan fingerprint density at radius 3 is 0.871 bits per heavy atom. The van der Waals surface area contributed by atoms with Gasteiger partial charge in [0.05, 0.1) is 42.7 Å². The van der Waals surface area contributed by atoms with Gasteiger partial charge >= 0.3 is 11.9 Å². The molecular formula is C46H58N2O12S2. The number of hydrogen-bond acceptors (Lipinski definition) is 12. The van der Waals surface area contributed by atoms with Crippen molar-refractivity contribution in [1.82, 2.24) is 8.61 Å². The molecule has 336 valence electrons. The van der Waals surface area contributed by atoms with E-state index in [1.54, 1.807) is 138 Å². The summed E-state index contributed by atoms with van der Waals surface area (Å²) in [6.45, 7) is 7.65. The van der Waals surface area contributed by atoms with E-state index in [2.05, 4.69) is 13.2 Å². The van der Waals surface area contributed by atoms with E-state index in [0.717, 1.165) is 22.3 Å². The van der Waals surface area contributed by atoms with E-state index in [-0.39, 0.29) is 39.0 Å². The summed E-state index contributed by atoms with van der Waals surface area (Å²) in [5, 5.41) is -2.63. The van der Waals surface area contributed by atoms with Crippen molar-refractivity contribution in [2.75, 3.05) is 42.7 Å². The van der Waals surface area contributed by atoms with Gasteiger partial charge in [0.2, 0.25) is 20.0 Å². The lowest BCUT2D eigenvalue weighted by Crippen LogP contribution is -2.42. The average molecular weight is 895 g/mol. The molecule has 0 spiro atoms. The van der Waals surface area contributed by atoms with Gasteiger partial charge in [0.25, 0.3) is 0 Å². The van der Waals surface area contributed by atoms with Gasteiger partial charge in [-0.3, -0.25) is 9.59 Å². The van der Waals surface area contributed by atoms with Crippen LogP contribution in [0.25, 0.3) is 0 Å². The van der Waals surface area contributed by atoms with Crippen molar-refractivity contribution in [3.05, 3.63) is 145 Å². The summed E-state index contributed by atoms with van der Waals surface area (Å²) < 4.78 is 87.0. The van der Waals surface area contributed by atoms with Crippen LogP contribution in [0.4, 0.5) is 0 Å². The largest absolute Gasteiger partial charge is 0.497 e. The quantitative estimate of drug-likeness (QED) is 0.0519. The van der Waals surface area contributed by atoms with Gasteiger partial charge in [-0.2, -0.15) is 8.61 Å². The number of benzene rings is 4. The molecule has 14 nitrogen and oxygen atoms in total. The number of carbonyl (C=O) groups excluding carboxylic acids is 2. The van der Waals surface area contributed by atoms with Crippen LogP contribution in [0.1, 0.15) is 47.9 Å². The molecule has 2 atom stereocenters. The van der Waals surface area contributed by atoms with Crippen LogP contribution in [0.3, 0.4) is 0 Å². The number of hydrogen-bond donors (Lipinski definition) is 0. The first-order chi connectivity index (χ1) is 29.7. The Balaban J connectivity index is 0.000000330. The minimum atomic E-state index is -4.03. The van der Waals surface area contributed by atoms with Crippen LogP contribution in [0.15, 0.2) is 122 Å². The van der Waals surface area contributed by atoms with Gasteiger partial charge in [-0.15, -0.1) is 13.2 Å². The lowest BCUT2D eigenvalue weighted by atomic mass is 10.2. The van der Waals surface area contributed by atoms with Crippen molar-refractivity contribution in [3.8, 4) is 23.0 Å². The van der Waals surface area contributed by atoms with E-state index >= 15 is 0 Å². The number of carbonyl (C=O) groups is 2. The molecule has 62 heavy (non-hydrogen) atoms. The van der Waals surface area contributed by atoms with Crippen molar-refractivity contribution in [3.63, 3.8) is 0 Å². The molecule has 4 rings (SSSR count). The Morgan fingerprint density at radius 1 is 0.468 bits per heavy atom. The summed E-state index contributed by atoms with van der Waals surface area (Å²) in [6, 6.07) is 28.5. The summed E-state index contributed by atoms with van der Waals surface area (Å²) in [5.41, 5.74) is 3.07. The lowest BCUT2D eigenvalue weighted by molar-refractivity contribution is -0.141. The third kappa shape index (κ3) is 14.8. The van der Waals surface area contributed by atoms with Crippen LogP contribution < -0.4 is 18.9 Å². The first-order valence-electron chi connectivity index (χ1n) is 19.6. The fraction of sp³-hybridized carbons (Fsp3) is 0.348. The minimum absolute atomic E-state index is 0.0972. The molecule has 0 amide bonds. The van der Waals surface area contributed by atoms with Crippen molar-refractivity contribution in [1.29, 1.82) is 0 Å². The summed E-state index contributed by atoms with van der Waals surface area (Å²) >= 11 is 0. The van der Waals surface area contributed by atoms with Crippen LogP contribution in [0, 0.1) is 0 Å². The number of methoxy groups -OCH3 is 6. The molecule has 16 heteroatoms. The molecule has 0 radical (unpaired) electrons. The molecule has 0 aliphatic carbocycles. The van der Waals surface area contributed by atoms with E-state index < -0.39 is 42.5 Å². The molecule has 0 unspecified atom stereocenters. The fourth-order valence-corrected chi connectivity index (χ4v) is 9.73. The average Bonchev–Trinajstić information content (AvgIpc) is 3.29. The summed E-state index contributed by atoms with van der Waals surface area (Å²) in [5.74, 6) is 1.13. The number of ether oxygens (including phenoxy) is 6. The van der Waals surface area contributed by atoms with Crippen LogP contribution in [0.5, 0.6) is 23.0 Å². The van der Waals surface area contributed by atoms with Gasteiger partial charge < -0.3 is 28.4 Å². The first kappa shape index (κ1) is 50.7. The number of allylic oxidation sites excluding steroid dienone is 2. The van der Waals surface area contributed by atoms with Crippen LogP contribution in [-0.4, -0.2) is 90.5 Å². The molecule has 0 saturated carbocycles. The maximum atomic E-state index is 13.5. The van der Waals surface area contributed by atoms with Gasteiger partial charge in [0.1, 0.15) is 23.0 Å². The van der Waals surface area contributed by atoms with E-state index in [1.165, 1.54) is 22.8 Å². The normalized spacial score (nSPS) is 12.3. The first-order valence-corrected chi connectivity index (χ1v) is 22.6. The molecular weight excluding hydrogens is 837 g/mol. The number of rotatable bonds is 24. The topological polar surface area (TPSA) is 164 Å². The SMILES string of the molecule is C=CCC[C@@H](C(=O)OC)S(=O)(=O)N(Cc1ccc(OC)cc1)Cc1ccc(OC)cc1.C=CCC[C@H](C(=O)OC)S(=O)(=O)N(Cc1ccc(OC)cc1)Cc1ccc(OC)cc1. The van der Waals surface area contributed by atoms with E-state index in [0.29, 0.717) is 35.8 Å². The second kappa shape index (κ2) is 25.3. The van der Waals surface area contributed by atoms with Crippen molar-refractivity contribution in [2.24, 2.45) is 0 Å². The molecule has 0 aliphatic rings. The summed E-state index contributed by atoms with van der Waals surface area (Å²) in [6.07, 6.45) is 4.11. The Morgan fingerprint density at radius 2 is 0.694 bits per heavy atom. The van der Waals surface area contributed by atoms with Gasteiger partial charge in [0.15, 0.2) is 10.5 Å². The van der Waals surface area contributed by atoms with Gasteiger partial charge in [-0.05, 0) is 96.5 Å². The number of sulfonamides is 2. The molecule has 0 heterocycles. The van der Waals surface area contributed by atoms with Gasteiger partial charge in [0, 0.05) is 26.2 Å². The molecule has 0 N–H and O–H groups in total. The molecule has 4 aromatic carbocycles. The predicted molar refractivity (Wildman–Crippen MR) is 239 cm³/mol. The third-order valence-corrected chi connectivity index (χ3v) is 14.0. The van der Waals surface area contributed by atoms with Crippen molar-refractivity contribution in [2.45, 2.75) is 62.4 Å². The highest BCUT2D eigenvalue weighted by Gasteiger charge is 2.39. The maximum absolute atomic E-state index is 13.5. The van der Waals surface area contributed by atoms with Crippen molar-refractivity contribution >= 4 is 32.0 Å². The monoisotopic (exact) mass is 894 g/mol. The summed E-state index contributed by atoms with van der Waals surface area (Å²) in [7, 11) is 0.591. The zero-order valence-corrected chi connectivity index (χ0v) is 37.9. The zero-order valence-electron chi connectivity index (χ0n) is 36.2. The molecule has 0 aromatic heterocycles. The second-order valence-electron chi connectivity index (χ2n) is 13.8. The molecule has 0 saturated heterocycles. The Bertz CT molecular complexity index is 1970. The van der Waals surface area contributed by atoms with Gasteiger partial charge in [-0.1, -0.05) is 60.7 Å². The van der Waals surface area contributed by atoms with Crippen LogP contribution in [-0.2, 0) is 65.3 Å². The Labute approximate surface area is 366 Å². The zero-order chi connectivity index (χ0) is 45.7. The Kier molecular flexibility index (Phi) is 20.7. The smallest absolute Gasteiger partial charge is 0.325 e. The predicted octanol–water partition coefficient (Wildman–Crippen LogP) is 7.09. The lowest BCUT2D eigenvalue weighted by Gasteiger charge is -2.26. The number of esters is 2. The van der Waals surface area contributed by atoms with E-state index in [4.69, 9.17) is 28.4 Å². The standard InChI is InChI=1S/2C23H29NO6S/c2*1-5-6-7-22(23(25)30-4)31(26,27)24(16-18-8-12-20(28-2)13-9-18)17-19-10-14-21(29-3)15-11-19/h2*5,8-15,22H,1,6-7,16-17H2,2-4H3/t2*22-/m10/s1. The minimum Gasteiger partial charge on any atom is -0.497 e. The number of nitrogens with zero attached hydrogens (tertiary/aromatic N) is 2. The van der Waals surface area contributed by atoms with Crippen LogP contribution in [0.2, 0.25) is 0 Å². The second-order valence-corrected chi connectivity index (χ2v) is 18.0. The highest BCUT2D eigenvalue weighted by molar-refractivity contribution is 7.90. The van der Waals surface area contributed by atoms with Crippen molar-refractivity contribution < 1.29 is 54.8 Å². The highest BCUT2D eigenvalue weighted by atomic mass is 32.2. The highest BCUT2D eigenvalue weighted by Crippen LogP contribution is 2.26. The maximum Gasteiger partial charge on any atom is 0.325 e. The Hall–Kier alpha value is -5.68. The molecule has 4 aromatic rings. The fourth-order valence-electron chi connectivity index (χ4n) is 6.15. The van der Waals surface area contributed by atoms with E-state index in [1.807, 2.05) is 0 Å². The molecule has 0 aliphatic heterocycles. The van der Waals surface area contributed by atoms with E-state index in [9.17, 15) is 26.4 Å². The van der Waals surface area contributed by atoms with Gasteiger partial charge in [-0.25, -0.2) is 16.8 Å². The third-order valence-electron chi connectivity index (χ3n) is 9.70. The van der Waals surface area contributed by atoms with Crippen LogP contribution >= 0.6 is 0 Å².